The van der Waals surface area contributed by atoms with E-state index in [0.717, 1.165) is 125 Å². The number of nitrogens with one attached hydrogen (secondary N) is 1. The molecule has 342 valence electrons. The molecule has 8 rings (SSSR count). The highest BCUT2D eigenvalue weighted by atomic mass is 16.6. The Balaban J connectivity index is 0.000000229. The second-order valence-electron chi connectivity index (χ2n) is 16.8. The molecule has 3 aliphatic rings. The Hall–Kier alpha value is -5.72. The minimum Gasteiger partial charge on any atom is -0.486 e. The van der Waals surface area contributed by atoms with Gasteiger partial charge in [-0.1, -0.05) is 44.2 Å². The molecular weight excluding hydrogens is 813 g/mol. The number of benzene rings is 3. The van der Waals surface area contributed by atoms with E-state index in [1.165, 1.54) is 27.5 Å². The van der Waals surface area contributed by atoms with Gasteiger partial charge < -0.3 is 28.8 Å². The third kappa shape index (κ3) is 12.9. The van der Waals surface area contributed by atoms with Gasteiger partial charge in [0, 0.05) is 107 Å². The van der Waals surface area contributed by atoms with Gasteiger partial charge in [-0.05, 0) is 99.0 Å². The standard InChI is InChI=1S/C29H37N3O3.C19H27N3O.2CO2/c1-4-24-20-30(10-9-23-6-8-27-28(19-23)35-16-15-34-27)11-12-31(24)13-14-32-26-17-21(2)5-7-25(26)22(3)18-29(32)33;1-4-16-13-20-7-8-21(16)9-10-22-18-11-14(2)5-6-17(18)15(3)12-19(22)23;2*2-1-3/h5-8,17-19,24H,4,9-16,20H2,1-3H3;5-6,11-12,16,20H,4,7-10,13H2,1-3H3;;. The van der Waals surface area contributed by atoms with Crippen molar-refractivity contribution in [2.24, 2.45) is 0 Å². The fraction of sp³-hybridized carbons (Fsp3) is 0.480. The van der Waals surface area contributed by atoms with Gasteiger partial charge in [0.2, 0.25) is 0 Å². The highest BCUT2D eigenvalue weighted by Gasteiger charge is 2.26. The molecule has 0 amide bonds. The Bertz CT molecular complexity index is 2510. The number of hydrogen-bond acceptors (Lipinski definition) is 12. The SMILES string of the molecule is CCC1CN(CCc2ccc3c(c2)OCCO3)CCN1CCn1c(=O)cc(C)c2ccc(C)cc21.CCC1CNCCN1CCn1c(=O)cc(C)c2ccc(C)cc21.O=C=O.O=C=O. The molecule has 14 heteroatoms. The van der Waals surface area contributed by atoms with Crippen molar-refractivity contribution in [1.29, 1.82) is 0 Å². The number of aryl methyl sites for hydroxylation is 4. The Morgan fingerprint density at radius 1 is 0.609 bits per heavy atom. The molecular formula is C50H64N6O8. The van der Waals surface area contributed by atoms with Crippen molar-refractivity contribution in [3.63, 3.8) is 0 Å². The highest BCUT2D eigenvalue weighted by Crippen LogP contribution is 2.31. The number of rotatable bonds is 11. The first kappa shape index (κ1) is 49.3. The zero-order valence-electron chi connectivity index (χ0n) is 38.3. The van der Waals surface area contributed by atoms with Gasteiger partial charge in [-0.25, -0.2) is 0 Å². The zero-order chi connectivity index (χ0) is 46.2. The second kappa shape index (κ2) is 24.4. The van der Waals surface area contributed by atoms with Gasteiger partial charge in [-0.2, -0.15) is 19.2 Å². The molecule has 3 aromatic carbocycles. The van der Waals surface area contributed by atoms with Crippen LogP contribution in [0.3, 0.4) is 0 Å². The summed E-state index contributed by atoms with van der Waals surface area (Å²) in [6, 6.07) is 23.8. The first-order chi connectivity index (χ1) is 30.9. The van der Waals surface area contributed by atoms with Crippen LogP contribution in [0.2, 0.25) is 0 Å². The summed E-state index contributed by atoms with van der Waals surface area (Å²) in [4.78, 5) is 65.6. The smallest absolute Gasteiger partial charge is 0.373 e. The van der Waals surface area contributed by atoms with Crippen molar-refractivity contribution < 1.29 is 28.7 Å². The molecule has 0 bridgehead atoms. The lowest BCUT2D eigenvalue weighted by Crippen LogP contribution is -2.54. The molecule has 2 fully saturated rings. The summed E-state index contributed by atoms with van der Waals surface area (Å²) in [5.74, 6) is 1.73. The normalized spacial score (nSPS) is 17.5. The van der Waals surface area contributed by atoms with Gasteiger partial charge in [-0.3, -0.25) is 19.4 Å². The van der Waals surface area contributed by atoms with Gasteiger partial charge in [0.1, 0.15) is 13.2 Å². The number of pyridine rings is 2. The number of piperazine rings is 2. The first-order valence-corrected chi connectivity index (χ1v) is 22.4. The van der Waals surface area contributed by atoms with Crippen molar-refractivity contribution >= 4 is 34.1 Å². The van der Waals surface area contributed by atoms with E-state index >= 15 is 0 Å². The average molecular weight is 877 g/mol. The summed E-state index contributed by atoms with van der Waals surface area (Å²) in [5, 5.41) is 5.81. The maximum Gasteiger partial charge on any atom is 0.373 e. The molecule has 3 aliphatic heterocycles. The number of hydrogen-bond donors (Lipinski definition) is 1. The third-order valence-corrected chi connectivity index (χ3v) is 12.6. The second-order valence-corrected chi connectivity index (χ2v) is 16.8. The van der Waals surface area contributed by atoms with Gasteiger partial charge in [-0.15, -0.1) is 0 Å². The van der Waals surface area contributed by atoms with Crippen LogP contribution < -0.4 is 25.9 Å². The van der Waals surface area contributed by atoms with Crippen LogP contribution in [0.15, 0.2) is 76.3 Å². The monoisotopic (exact) mass is 876 g/mol. The van der Waals surface area contributed by atoms with Crippen LogP contribution >= 0.6 is 0 Å². The fourth-order valence-corrected chi connectivity index (χ4v) is 9.11. The lowest BCUT2D eigenvalue weighted by Gasteiger charge is -2.41. The van der Waals surface area contributed by atoms with Crippen LogP contribution in [0.4, 0.5) is 0 Å². The molecule has 0 saturated carbocycles. The van der Waals surface area contributed by atoms with Crippen LogP contribution in [0.5, 0.6) is 11.5 Å². The topological polar surface area (TPSA) is 152 Å². The van der Waals surface area contributed by atoms with E-state index < -0.39 is 0 Å². The van der Waals surface area contributed by atoms with Crippen LogP contribution in [-0.4, -0.2) is 120 Å². The van der Waals surface area contributed by atoms with E-state index in [0.29, 0.717) is 25.3 Å². The summed E-state index contributed by atoms with van der Waals surface area (Å²) in [7, 11) is 0. The fourth-order valence-electron chi connectivity index (χ4n) is 9.11. The maximum absolute atomic E-state index is 12.9. The predicted octanol–water partition coefficient (Wildman–Crippen LogP) is 5.16. The molecule has 2 unspecified atom stereocenters. The molecule has 0 radical (unpaired) electrons. The quantitative estimate of drug-likeness (QED) is 0.187. The lowest BCUT2D eigenvalue weighted by molar-refractivity contribution is -0.193. The molecule has 5 heterocycles. The van der Waals surface area contributed by atoms with Crippen LogP contribution in [0, 0.1) is 27.7 Å². The van der Waals surface area contributed by atoms with Crippen molar-refractivity contribution in [2.45, 2.75) is 86.0 Å². The summed E-state index contributed by atoms with van der Waals surface area (Å²) >= 11 is 0. The van der Waals surface area contributed by atoms with E-state index in [1.54, 1.807) is 12.1 Å². The lowest BCUT2D eigenvalue weighted by atomic mass is 10.1. The number of aromatic nitrogens is 2. The van der Waals surface area contributed by atoms with E-state index in [2.05, 4.69) is 96.2 Å². The van der Waals surface area contributed by atoms with Crippen molar-refractivity contribution in [2.75, 3.05) is 72.1 Å². The summed E-state index contributed by atoms with van der Waals surface area (Å²) in [5.41, 5.74) is 8.15. The molecule has 2 saturated heterocycles. The van der Waals surface area contributed by atoms with Gasteiger partial charge in [0.15, 0.2) is 11.5 Å². The van der Waals surface area contributed by atoms with Crippen LogP contribution in [-0.2, 0) is 38.7 Å². The van der Waals surface area contributed by atoms with E-state index in [9.17, 15) is 9.59 Å². The van der Waals surface area contributed by atoms with Crippen LogP contribution in [0.25, 0.3) is 21.8 Å². The Kier molecular flexibility index (Phi) is 18.8. The number of fused-ring (bicyclic) bond motifs is 3. The zero-order valence-corrected chi connectivity index (χ0v) is 38.3. The Morgan fingerprint density at radius 2 is 1.14 bits per heavy atom. The molecule has 2 atom stereocenters. The molecule has 0 aliphatic carbocycles. The minimum absolute atomic E-state index is 0.103. The average Bonchev–Trinajstić information content (AvgIpc) is 3.29. The number of carbonyl (C=O) groups excluding carboxylic acids is 4. The van der Waals surface area contributed by atoms with Crippen molar-refractivity contribution in [1.82, 2.24) is 29.2 Å². The first-order valence-electron chi connectivity index (χ1n) is 22.4. The van der Waals surface area contributed by atoms with Gasteiger partial charge in [0.05, 0.1) is 11.0 Å². The van der Waals surface area contributed by atoms with Crippen LogP contribution in [0.1, 0.15) is 54.5 Å². The van der Waals surface area contributed by atoms with Gasteiger partial charge >= 0.3 is 12.3 Å². The predicted molar refractivity (Wildman–Crippen MR) is 247 cm³/mol. The molecule has 2 aromatic heterocycles. The third-order valence-electron chi connectivity index (χ3n) is 12.6. The van der Waals surface area contributed by atoms with Crippen molar-refractivity contribution in [3.05, 3.63) is 115 Å². The Morgan fingerprint density at radius 3 is 1.69 bits per heavy atom. The largest absolute Gasteiger partial charge is 0.486 e. The highest BCUT2D eigenvalue weighted by molar-refractivity contribution is 5.83. The van der Waals surface area contributed by atoms with Crippen molar-refractivity contribution in [3.8, 4) is 11.5 Å². The molecule has 14 nitrogen and oxygen atoms in total. The minimum atomic E-state index is 0.103. The van der Waals surface area contributed by atoms with Gasteiger partial charge in [0.25, 0.3) is 11.1 Å². The van der Waals surface area contributed by atoms with E-state index in [1.807, 2.05) is 29.0 Å². The summed E-state index contributed by atoms with van der Waals surface area (Å²) in [6.45, 7) is 24.7. The Labute approximate surface area is 375 Å². The number of ether oxygens (including phenoxy) is 2. The molecule has 1 N–H and O–H groups in total. The van der Waals surface area contributed by atoms with E-state index in [4.69, 9.17) is 28.7 Å². The summed E-state index contributed by atoms with van der Waals surface area (Å²) in [6.07, 6.45) is 3.77. The maximum atomic E-state index is 12.9. The molecule has 64 heavy (non-hydrogen) atoms. The molecule has 5 aromatic rings. The summed E-state index contributed by atoms with van der Waals surface area (Å²) < 4.78 is 15.3. The molecule has 0 spiro atoms. The number of nitrogens with zero attached hydrogens (tertiary/aromatic N) is 5. The van der Waals surface area contributed by atoms with E-state index in [-0.39, 0.29) is 23.4 Å².